The smallest absolute Gasteiger partial charge is 0.319 e. The highest BCUT2D eigenvalue weighted by atomic mass is 16.2. The monoisotopic (exact) mass is 337 g/mol. The predicted octanol–water partition coefficient (Wildman–Crippen LogP) is 3.40. The Hall–Kier alpha value is -2.82. The Morgan fingerprint density at radius 3 is 2.68 bits per heavy atom. The van der Waals surface area contributed by atoms with Crippen LogP contribution in [-0.2, 0) is 11.2 Å². The first-order valence-corrected chi connectivity index (χ1v) is 8.50. The van der Waals surface area contributed by atoms with Crippen LogP contribution < -0.4 is 15.5 Å². The molecule has 0 unspecified atom stereocenters. The standard InChI is InChI=1S/C20H23N3O2/c1-13-8-9-14(2)17(12-13)22-20(25)21-15(3)19(24)23-11-10-16-6-4-5-7-18(16)23/h4-9,12,15H,10-11H2,1-3H3,(H2,21,22,25)/t15-/m0/s1. The highest BCUT2D eigenvalue weighted by Gasteiger charge is 2.28. The molecule has 0 saturated carbocycles. The van der Waals surface area contributed by atoms with Crippen LogP contribution in [0.3, 0.4) is 0 Å². The summed E-state index contributed by atoms with van der Waals surface area (Å²) in [6.45, 7) is 6.28. The summed E-state index contributed by atoms with van der Waals surface area (Å²) in [4.78, 5) is 26.7. The fourth-order valence-electron chi connectivity index (χ4n) is 3.09. The van der Waals surface area contributed by atoms with E-state index in [2.05, 4.69) is 10.6 Å². The Labute approximate surface area is 148 Å². The molecule has 1 aliphatic heterocycles. The van der Waals surface area contributed by atoms with Crippen molar-refractivity contribution in [2.45, 2.75) is 33.2 Å². The van der Waals surface area contributed by atoms with Gasteiger partial charge in [-0.25, -0.2) is 4.79 Å². The molecule has 2 aromatic carbocycles. The van der Waals surface area contributed by atoms with E-state index in [1.54, 1.807) is 11.8 Å². The molecule has 0 spiro atoms. The Balaban J connectivity index is 1.64. The number of benzene rings is 2. The van der Waals surface area contributed by atoms with Gasteiger partial charge in [0.05, 0.1) is 0 Å². The Kier molecular flexibility index (Phi) is 4.74. The Morgan fingerprint density at radius 1 is 1.12 bits per heavy atom. The molecule has 0 fully saturated rings. The van der Waals surface area contributed by atoms with Crippen LogP contribution in [0.1, 0.15) is 23.6 Å². The van der Waals surface area contributed by atoms with E-state index in [1.165, 1.54) is 5.56 Å². The number of nitrogens with one attached hydrogen (secondary N) is 2. The molecule has 1 heterocycles. The van der Waals surface area contributed by atoms with Gasteiger partial charge in [-0.3, -0.25) is 4.79 Å². The summed E-state index contributed by atoms with van der Waals surface area (Å²) in [5, 5.41) is 5.57. The second kappa shape index (κ2) is 6.97. The number of aryl methyl sites for hydroxylation is 2. The molecule has 130 valence electrons. The molecule has 0 bridgehead atoms. The fraction of sp³-hybridized carbons (Fsp3) is 0.300. The first-order chi connectivity index (χ1) is 12.0. The van der Waals surface area contributed by atoms with E-state index in [1.807, 2.05) is 56.3 Å². The number of hydrogen-bond acceptors (Lipinski definition) is 2. The van der Waals surface area contributed by atoms with Gasteiger partial charge in [0.25, 0.3) is 0 Å². The fourth-order valence-corrected chi connectivity index (χ4v) is 3.09. The Morgan fingerprint density at radius 2 is 1.88 bits per heavy atom. The quantitative estimate of drug-likeness (QED) is 0.902. The third-order valence-electron chi connectivity index (χ3n) is 4.51. The van der Waals surface area contributed by atoms with Gasteiger partial charge in [-0.15, -0.1) is 0 Å². The minimum absolute atomic E-state index is 0.0962. The van der Waals surface area contributed by atoms with Crippen LogP contribution in [0.4, 0.5) is 16.2 Å². The molecule has 0 saturated heterocycles. The molecule has 1 atom stereocenters. The van der Waals surface area contributed by atoms with Crippen LogP contribution in [0.5, 0.6) is 0 Å². The van der Waals surface area contributed by atoms with Gasteiger partial charge in [0, 0.05) is 17.9 Å². The third kappa shape index (κ3) is 3.65. The predicted molar refractivity (Wildman–Crippen MR) is 100 cm³/mol. The summed E-state index contributed by atoms with van der Waals surface area (Å²) in [5.74, 6) is -0.0962. The lowest BCUT2D eigenvalue weighted by atomic mass is 10.1. The second-order valence-electron chi connectivity index (χ2n) is 6.51. The zero-order valence-electron chi connectivity index (χ0n) is 14.8. The largest absolute Gasteiger partial charge is 0.326 e. The maximum absolute atomic E-state index is 12.7. The van der Waals surface area contributed by atoms with E-state index in [0.717, 1.165) is 28.9 Å². The van der Waals surface area contributed by atoms with Gasteiger partial charge in [-0.1, -0.05) is 30.3 Å². The second-order valence-corrected chi connectivity index (χ2v) is 6.51. The highest BCUT2D eigenvalue weighted by molar-refractivity contribution is 6.01. The summed E-state index contributed by atoms with van der Waals surface area (Å²) >= 11 is 0. The molecule has 25 heavy (non-hydrogen) atoms. The average Bonchev–Trinajstić information content (AvgIpc) is 3.01. The van der Waals surface area contributed by atoms with E-state index in [0.29, 0.717) is 6.54 Å². The number of urea groups is 1. The maximum Gasteiger partial charge on any atom is 0.319 e. The van der Waals surface area contributed by atoms with Crippen LogP contribution in [0.2, 0.25) is 0 Å². The molecular weight excluding hydrogens is 314 g/mol. The number of rotatable bonds is 3. The third-order valence-corrected chi connectivity index (χ3v) is 4.51. The number of hydrogen-bond donors (Lipinski definition) is 2. The topological polar surface area (TPSA) is 61.4 Å². The molecule has 2 N–H and O–H groups in total. The number of amides is 3. The summed E-state index contributed by atoms with van der Waals surface area (Å²) in [5.41, 5.74) is 4.91. The average molecular weight is 337 g/mol. The first kappa shape index (κ1) is 17.0. The van der Waals surface area contributed by atoms with E-state index >= 15 is 0 Å². The Bertz CT molecular complexity index is 816. The van der Waals surface area contributed by atoms with Crippen molar-refractivity contribution in [3.05, 3.63) is 59.2 Å². The van der Waals surface area contributed by atoms with Gasteiger partial charge in [0.1, 0.15) is 6.04 Å². The number of fused-ring (bicyclic) bond motifs is 1. The SMILES string of the molecule is Cc1ccc(C)c(NC(=O)N[C@@H](C)C(=O)N2CCc3ccccc32)c1. The van der Waals surface area contributed by atoms with E-state index in [-0.39, 0.29) is 11.9 Å². The molecule has 3 amide bonds. The minimum Gasteiger partial charge on any atom is -0.326 e. The van der Waals surface area contributed by atoms with Gasteiger partial charge < -0.3 is 15.5 Å². The molecule has 0 aromatic heterocycles. The lowest BCUT2D eigenvalue weighted by molar-refractivity contribution is -0.119. The molecular formula is C20H23N3O2. The first-order valence-electron chi connectivity index (χ1n) is 8.50. The summed E-state index contributed by atoms with van der Waals surface area (Å²) < 4.78 is 0. The molecule has 0 aliphatic carbocycles. The number of anilines is 2. The van der Waals surface area contributed by atoms with Crippen molar-refractivity contribution in [1.29, 1.82) is 0 Å². The zero-order valence-corrected chi connectivity index (χ0v) is 14.8. The zero-order chi connectivity index (χ0) is 18.0. The van der Waals surface area contributed by atoms with E-state index in [4.69, 9.17) is 0 Å². The number of carbonyl (C=O) groups is 2. The number of para-hydroxylation sites is 1. The molecule has 1 aliphatic rings. The molecule has 3 rings (SSSR count). The van der Waals surface area contributed by atoms with E-state index < -0.39 is 6.04 Å². The van der Waals surface area contributed by atoms with E-state index in [9.17, 15) is 9.59 Å². The van der Waals surface area contributed by atoms with Gasteiger partial charge >= 0.3 is 6.03 Å². The van der Waals surface area contributed by atoms with Crippen molar-refractivity contribution in [1.82, 2.24) is 5.32 Å². The minimum atomic E-state index is -0.601. The molecule has 2 aromatic rings. The van der Waals surface area contributed by atoms with Gasteiger partial charge in [-0.05, 0) is 56.0 Å². The van der Waals surface area contributed by atoms with Gasteiger partial charge in [0.2, 0.25) is 5.91 Å². The number of carbonyl (C=O) groups excluding carboxylic acids is 2. The summed E-state index contributed by atoms with van der Waals surface area (Å²) in [7, 11) is 0. The van der Waals surface area contributed by atoms with Crippen LogP contribution in [0.25, 0.3) is 0 Å². The van der Waals surface area contributed by atoms with Crippen molar-refractivity contribution in [3.8, 4) is 0 Å². The highest BCUT2D eigenvalue weighted by Crippen LogP contribution is 2.27. The normalized spacial score (nSPS) is 14.0. The maximum atomic E-state index is 12.7. The lowest BCUT2D eigenvalue weighted by Gasteiger charge is -2.22. The van der Waals surface area contributed by atoms with Crippen molar-refractivity contribution < 1.29 is 9.59 Å². The summed E-state index contributed by atoms with van der Waals surface area (Å²) in [6, 6.07) is 12.8. The lowest BCUT2D eigenvalue weighted by Crippen LogP contribution is -2.47. The van der Waals surface area contributed by atoms with Gasteiger partial charge in [-0.2, -0.15) is 0 Å². The molecule has 5 nitrogen and oxygen atoms in total. The van der Waals surface area contributed by atoms with Crippen molar-refractivity contribution in [2.24, 2.45) is 0 Å². The molecule has 5 heteroatoms. The van der Waals surface area contributed by atoms with Crippen LogP contribution in [-0.4, -0.2) is 24.5 Å². The number of nitrogens with zero attached hydrogens (tertiary/aromatic N) is 1. The molecule has 0 radical (unpaired) electrons. The van der Waals surface area contributed by atoms with Crippen molar-refractivity contribution in [3.63, 3.8) is 0 Å². The van der Waals surface area contributed by atoms with Crippen molar-refractivity contribution in [2.75, 3.05) is 16.8 Å². The van der Waals surface area contributed by atoms with Gasteiger partial charge in [0.15, 0.2) is 0 Å². The van der Waals surface area contributed by atoms with Crippen LogP contribution >= 0.6 is 0 Å². The van der Waals surface area contributed by atoms with Crippen LogP contribution in [0, 0.1) is 13.8 Å². The van der Waals surface area contributed by atoms with Crippen LogP contribution in [0.15, 0.2) is 42.5 Å². The summed E-state index contributed by atoms with van der Waals surface area (Å²) in [6.07, 6.45) is 0.851. The van der Waals surface area contributed by atoms with Crippen molar-refractivity contribution >= 4 is 23.3 Å².